The van der Waals surface area contributed by atoms with Gasteiger partial charge in [0.25, 0.3) is 11.8 Å². The zero-order valence-corrected chi connectivity index (χ0v) is 19.2. The van der Waals surface area contributed by atoms with Crippen LogP contribution in [-0.4, -0.2) is 28.7 Å². The Morgan fingerprint density at radius 2 is 1.69 bits per heavy atom. The number of hydrogen-bond donors (Lipinski definition) is 2. The van der Waals surface area contributed by atoms with E-state index in [9.17, 15) is 23.2 Å². The first-order chi connectivity index (χ1) is 17.3. The summed E-state index contributed by atoms with van der Waals surface area (Å²) in [5.74, 6) is -2.28. The fourth-order valence-electron chi connectivity index (χ4n) is 3.47. The number of carbonyl (C=O) groups excluding carboxylic acids is 2. The lowest BCUT2D eigenvalue weighted by Crippen LogP contribution is -2.27. The number of anilines is 2. The molecule has 1 heterocycles. The third-order valence-corrected chi connectivity index (χ3v) is 5.20. The molecule has 2 amide bonds. The Kier molecular flexibility index (Phi) is 6.86. The zero-order valence-electron chi connectivity index (χ0n) is 19.2. The van der Waals surface area contributed by atoms with Gasteiger partial charge in [-0.15, -0.1) is 0 Å². The van der Waals surface area contributed by atoms with E-state index in [1.807, 2.05) is 0 Å². The number of aryl methyl sites for hydroxylation is 1. The SMILES string of the molecule is COc1ccc(NC(=O)c2nn(-c3ccccc3F)c(C)cc2=O)cc1NC(=O)c1cccc(F)c1. The molecule has 0 spiro atoms. The normalized spacial score (nSPS) is 10.6. The van der Waals surface area contributed by atoms with Crippen molar-refractivity contribution in [2.75, 3.05) is 17.7 Å². The van der Waals surface area contributed by atoms with Crippen LogP contribution in [0.3, 0.4) is 0 Å². The summed E-state index contributed by atoms with van der Waals surface area (Å²) < 4.78 is 34.2. The highest BCUT2D eigenvalue weighted by Crippen LogP contribution is 2.28. The van der Waals surface area contributed by atoms with Crippen molar-refractivity contribution < 1.29 is 23.1 Å². The predicted octanol–water partition coefficient (Wildman–Crippen LogP) is 4.33. The first-order valence-corrected chi connectivity index (χ1v) is 10.7. The van der Waals surface area contributed by atoms with Crippen LogP contribution in [-0.2, 0) is 0 Å². The number of nitrogens with one attached hydrogen (secondary N) is 2. The molecule has 4 rings (SSSR count). The molecule has 8 nitrogen and oxygen atoms in total. The van der Waals surface area contributed by atoms with Crippen LogP contribution in [0.25, 0.3) is 5.69 Å². The summed E-state index contributed by atoms with van der Waals surface area (Å²) in [6, 6.07) is 16.6. The number of aromatic nitrogens is 2. The minimum absolute atomic E-state index is 0.0795. The number of nitrogens with zero attached hydrogens (tertiary/aromatic N) is 2. The van der Waals surface area contributed by atoms with Crippen LogP contribution >= 0.6 is 0 Å². The van der Waals surface area contributed by atoms with Gasteiger partial charge in [-0.2, -0.15) is 5.10 Å². The average Bonchev–Trinajstić information content (AvgIpc) is 2.85. The maximum absolute atomic E-state index is 14.3. The van der Waals surface area contributed by atoms with Gasteiger partial charge in [-0.25, -0.2) is 13.5 Å². The van der Waals surface area contributed by atoms with Crippen molar-refractivity contribution in [1.29, 1.82) is 0 Å². The highest BCUT2D eigenvalue weighted by atomic mass is 19.1. The van der Waals surface area contributed by atoms with E-state index >= 15 is 0 Å². The second-order valence-electron chi connectivity index (χ2n) is 7.70. The molecule has 0 saturated carbocycles. The summed E-state index contributed by atoms with van der Waals surface area (Å²) >= 11 is 0. The molecule has 0 unspecified atom stereocenters. The number of ether oxygens (including phenoxy) is 1. The van der Waals surface area contributed by atoms with Crippen LogP contribution in [0.2, 0.25) is 0 Å². The number of methoxy groups -OCH3 is 1. The molecule has 182 valence electrons. The second-order valence-corrected chi connectivity index (χ2v) is 7.70. The Morgan fingerprint density at radius 1 is 0.917 bits per heavy atom. The Hall–Kier alpha value is -4.86. The fraction of sp³-hybridized carbons (Fsp3) is 0.0769. The van der Waals surface area contributed by atoms with Gasteiger partial charge in [-0.1, -0.05) is 18.2 Å². The minimum Gasteiger partial charge on any atom is -0.495 e. The van der Waals surface area contributed by atoms with E-state index < -0.39 is 34.6 Å². The van der Waals surface area contributed by atoms with Gasteiger partial charge in [0.2, 0.25) is 5.43 Å². The quantitative estimate of drug-likeness (QED) is 0.419. The Bertz CT molecular complexity index is 1530. The molecule has 0 bridgehead atoms. The van der Waals surface area contributed by atoms with Gasteiger partial charge in [0.15, 0.2) is 5.69 Å². The fourth-order valence-corrected chi connectivity index (χ4v) is 3.47. The zero-order chi connectivity index (χ0) is 25.8. The molecule has 2 N–H and O–H groups in total. The summed E-state index contributed by atoms with van der Waals surface area (Å²) in [4.78, 5) is 38.0. The van der Waals surface area contributed by atoms with Gasteiger partial charge >= 0.3 is 0 Å². The van der Waals surface area contributed by atoms with Gasteiger partial charge in [0.05, 0.1) is 12.8 Å². The number of rotatable bonds is 6. The number of carbonyl (C=O) groups is 2. The van der Waals surface area contributed by atoms with Crippen LogP contribution in [0.1, 0.15) is 26.5 Å². The number of halogens is 2. The predicted molar refractivity (Wildman–Crippen MR) is 130 cm³/mol. The average molecular weight is 490 g/mol. The van der Waals surface area contributed by atoms with E-state index in [-0.39, 0.29) is 28.4 Å². The van der Waals surface area contributed by atoms with E-state index in [1.165, 1.54) is 72.5 Å². The van der Waals surface area contributed by atoms with E-state index in [0.717, 1.165) is 6.07 Å². The third-order valence-electron chi connectivity index (χ3n) is 5.20. The summed E-state index contributed by atoms with van der Waals surface area (Å²) in [5, 5.41) is 9.23. The summed E-state index contributed by atoms with van der Waals surface area (Å²) in [5.41, 5.74) is -0.177. The van der Waals surface area contributed by atoms with Crippen LogP contribution in [0.5, 0.6) is 5.75 Å². The standard InChI is InChI=1S/C26H20F2N4O4/c1-15-12-22(33)24(31-32(15)21-9-4-3-8-19(21)28)26(35)29-18-10-11-23(36-2)20(14-18)30-25(34)16-6-5-7-17(27)13-16/h3-14H,1-2H3,(H,29,35)(H,30,34). The van der Waals surface area contributed by atoms with Gasteiger partial charge in [0, 0.05) is 23.0 Å². The van der Waals surface area contributed by atoms with Crippen molar-refractivity contribution in [1.82, 2.24) is 9.78 Å². The molecule has 0 saturated heterocycles. The minimum atomic E-state index is -0.835. The summed E-state index contributed by atoms with van der Waals surface area (Å²) in [7, 11) is 1.40. The van der Waals surface area contributed by atoms with Crippen LogP contribution in [0.4, 0.5) is 20.2 Å². The van der Waals surface area contributed by atoms with Gasteiger partial charge in [-0.3, -0.25) is 14.4 Å². The first-order valence-electron chi connectivity index (χ1n) is 10.7. The van der Waals surface area contributed by atoms with Crippen molar-refractivity contribution >= 4 is 23.2 Å². The van der Waals surface area contributed by atoms with Crippen LogP contribution < -0.4 is 20.8 Å². The molecule has 0 atom stereocenters. The maximum atomic E-state index is 14.3. The van der Waals surface area contributed by atoms with Gasteiger partial charge in [-0.05, 0) is 55.5 Å². The number of amides is 2. The molecule has 1 aromatic heterocycles. The number of hydrogen-bond acceptors (Lipinski definition) is 5. The lowest BCUT2D eigenvalue weighted by atomic mass is 10.2. The Labute approximate surface area is 204 Å². The lowest BCUT2D eigenvalue weighted by Gasteiger charge is -2.14. The van der Waals surface area contributed by atoms with Gasteiger partial charge < -0.3 is 15.4 Å². The van der Waals surface area contributed by atoms with Crippen molar-refractivity contribution in [3.63, 3.8) is 0 Å². The van der Waals surface area contributed by atoms with Crippen molar-refractivity contribution in [3.05, 3.63) is 112 Å². The first kappa shape index (κ1) is 24.3. The largest absolute Gasteiger partial charge is 0.495 e. The monoisotopic (exact) mass is 490 g/mol. The smallest absolute Gasteiger partial charge is 0.280 e. The molecule has 0 aliphatic heterocycles. The molecular formula is C26H20F2N4O4. The highest BCUT2D eigenvalue weighted by molar-refractivity contribution is 6.06. The van der Waals surface area contributed by atoms with Crippen molar-refractivity contribution in [2.45, 2.75) is 6.92 Å². The summed E-state index contributed by atoms with van der Waals surface area (Å²) in [6.45, 7) is 1.57. The van der Waals surface area contributed by atoms with E-state index in [4.69, 9.17) is 4.74 Å². The Balaban J connectivity index is 1.62. The number of benzene rings is 3. The third kappa shape index (κ3) is 5.12. The van der Waals surface area contributed by atoms with Crippen molar-refractivity contribution in [3.8, 4) is 11.4 Å². The molecule has 36 heavy (non-hydrogen) atoms. The molecule has 0 aliphatic carbocycles. The van der Waals surface area contributed by atoms with Crippen LogP contribution in [0, 0.1) is 18.6 Å². The molecule has 3 aromatic carbocycles. The van der Waals surface area contributed by atoms with E-state index in [1.54, 1.807) is 13.0 Å². The van der Waals surface area contributed by atoms with E-state index in [0.29, 0.717) is 5.69 Å². The topological polar surface area (TPSA) is 102 Å². The molecule has 0 fully saturated rings. The maximum Gasteiger partial charge on any atom is 0.280 e. The molecule has 0 aliphatic rings. The lowest BCUT2D eigenvalue weighted by molar-refractivity contribution is 0.101. The van der Waals surface area contributed by atoms with Crippen molar-refractivity contribution in [2.24, 2.45) is 0 Å². The molecular weight excluding hydrogens is 470 g/mol. The van der Waals surface area contributed by atoms with Crippen LogP contribution in [0.15, 0.2) is 77.6 Å². The highest BCUT2D eigenvalue weighted by Gasteiger charge is 2.18. The summed E-state index contributed by atoms with van der Waals surface area (Å²) in [6.07, 6.45) is 0. The second kappa shape index (κ2) is 10.2. The number of para-hydroxylation sites is 1. The van der Waals surface area contributed by atoms with E-state index in [2.05, 4.69) is 15.7 Å². The molecule has 4 aromatic rings. The Morgan fingerprint density at radius 3 is 2.42 bits per heavy atom. The molecule has 10 heteroatoms. The van der Waals surface area contributed by atoms with Gasteiger partial charge in [0.1, 0.15) is 23.1 Å². The molecule has 0 radical (unpaired) electrons.